The van der Waals surface area contributed by atoms with Crippen LogP contribution in [0.1, 0.15) is 11.6 Å². The fourth-order valence-electron chi connectivity index (χ4n) is 2.64. The minimum atomic E-state index is -0.123. The van der Waals surface area contributed by atoms with E-state index in [0.29, 0.717) is 18.1 Å². The molecule has 1 atom stereocenters. The first kappa shape index (κ1) is 15.4. The van der Waals surface area contributed by atoms with E-state index in [-0.39, 0.29) is 6.04 Å². The summed E-state index contributed by atoms with van der Waals surface area (Å²) in [6.45, 7) is 9.05. The highest BCUT2D eigenvalue weighted by Crippen LogP contribution is 2.28. The van der Waals surface area contributed by atoms with Crippen molar-refractivity contribution in [1.29, 1.82) is 0 Å². The van der Waals surface area contributed by atoms with Crippen molar-refractivity contribution in [3.05, 3.63) is 73.3 Å². The summed E-state index contributed by atoms with van der Waals surface area (Å²) in [7, 11) is 0. The number of hydrogen-bond acceptors (Lipinski definition) is 2. The number of fused-ring (bicyclic) bond motifs is 1. The van der Waals surface area contributed by atoms with Crippen LogP contribution in [0.5, 0.6) is 0 Å². The van der Waals surface area contributed by atoms with Gasteiger partial charge in [0.1, 0.15) is 0 Å². The third-order valence-corrected chi connectivity index (χ3v) is 3.70. The quantitative estimate of drug-likeness (QED) is 0.622. The van der Waals surface area contributed by atoms with Gasteiger partial charge < -0.3 is 5.73 Å². The van der Waals surface area contributed by atoms with E-state index in [9.17, 15) is 0 Å². The van der Waals surface area contributed by atoms with E-state index in [1.165, 1.54) is 10.8 Å². The highest BCUT2D eigenvalue weighted by Gasteiger charge is 2.23. The van der Waals surface area contributed by atoms with E-state index < -0.39 is 0 Å². The van der Waals surface area contributed by atoms with Crippen LogP contribution in [0.25, 0.3) is 10.8 Å². The number of nitrogens with zero attached hydrogens (tertiary/aromatic N) is 1. The van der Waals surface area contributed by atoms with Crippen LogP contribution in [0, 0.1) is 0 Å². The summed E-state index contributed by atoms with van der Waals surface area (Å²) in [4.78, 5) is 2.64. The van der Waals surface area contributed by atoms with Crippen molar-refractivity contribution in [2.24, 2.45) is 5.73 Å². The van der Waals surface area contributed by atoms with Crippen molar-refractivity contribution in [3.8, 4) is 0 Å². The lowest BCUT2D eigenvalue weighted by molar-refractivity contribution is 0.303. The standard InChI is InChI=1S/C18H20N2S/c1-3-12-20(13-4-2)17(18(19)21)16-11-7-9-14-8-5-6-10-15(14)16/h3-11,17H,1-2,12-13H2,(H2,19,21). The Hall–Kier alpha value is -1.97. The van der Waals surface area contributed by atoms with Crippen LogP contribution in [0.4, 0.5) is 0 Å². The topological polar surface area (TPSA) is 29.3 Å². The smallest absolute Gasteiger partial charge is 0.0948 e. The molecule has 21 heavy (non-hydrogen) atoms. The molecular weight excluding hydrogens is 276 g/mol. The lowest BCUT2D eigenvalue weighted by atomic mass is 9.97. The summed E-state index contributed by atoms with van der Waals surface area (Å²) >= 11 is 5.33. The molecule has 0 aliphatic carbocycles. The van der Waals surface area contributed by atoms with Crippen LogP contribution in [-0.2, 0) is 0 Å². The van der Waals surface area contributed by atoms with Crippen molar-refractivity contribution in [1.82, 2.24) is 4.90 Å². The Balaban J connectivity index is 2.56. The zero-order valence-corrected chi connectivity index (χ0v) is 12.9. The van der Waals surface area contributed by atoms with Crippen molar-refractivity contribution >= 4 is 28.0 Å². The van der Waals surface area contributed by atoms with E-state index in [0.717, 1.165) is 5.56 Å². The average molecular weight is 296 g/mol. The molecule has 0 aromatic heterocycles. The van der Waals surface area contributed by atoms with Gasteiger partial charge in [0.15, 0.2) is 0 Å². The summed E-state index contributed by atoms with van der Waals surface area (Å²) in [5, 5.41) is 2.37. The predicted molar refractivity (Wildman–Crippen MR) is 95.4 cm³/mol. The van der Waals surface area contributed by atoms with Crippen LogP contribution >= 0.6 is 12.2 Å². The predicted octanol–water partition coefficient (Wildman–Crippen LogP) is 3.84. The number of rotatable bonds is 7. The number of thiocarbonyl (C=S) groups is 1. The third kappa shape index (κ3) is 3.38. The van der Waals surface area contributed by atoms with Crippen LogP contribution in [-0.4, -0.2) is 23.0 Å². The Labute approximate surface area is 131 Å². The Kier molecular flexibility index (Phi) is 5.26. The summed E-state index contributed by atoms with van der Waals surface area (Å²) in [5.74, 6) is 0. The van der Waals surface area contributed by atoms with Gasteiger partial charge >= 0.3 is 0 Å². The normalized spacial score (nSPS) is 12.2. The van der Waals surface area contributed by atoms with Crippen LogP contribution in [0.2, 0.25) is 0 Å². The molecule has 0 saturated carbocycles. The highest BCUT2D eigenvalue weighted by molar-refractivity contribution is 7.80. The molecule has 0 aliphatic heterocycles. The summed E-state index contributed by atoms with van der Waals surface area (Å²) in [6, 6.07) is 14.4. The molecule has 2 N–H and O–H groups in total. The maximum Gasteiger partial charge on any atom is 0.0948 e. The molecule has 0 bridgehead atoms. The zero-order chi connectivity index (χ0) is 15.2. The van der Waals surface area contributed by atoms with Gasteiger partial charge in [-0.1, -0.05) is 66.8 Å². The summed E-state index contributed by atoms with van der Waals surface area (Å²) in [6.07, 6.45) is 3.72. The van der Waals surface area contributed by atoms with Gasteiger partial charge in [0.25, 0.3) is 0 Å². The average Bonchev–Trinajstić information content (AvgIpc) is 2.48. The highest BCUT2D eigenvalue weighted by atomic mass is 32.1. The van der Waals surface area contributed by atoms with Gasteiger partial charge in [0.05, 0.1) is 11.0 Å². The first-order valence-corrected chi connectivity index (χ1v) is 7.32. The minimum absolute atomic E-state index is 0.123. The van der Waals surface area contributed by atoms with Gasteiger partial charge in [0.2, 0.25) is 0 Å². The first-order chi connectivity index (χ1) is 10.2. The molecule has 0 aliphatic rings. The molecule has 108 valence electrons. The van der Waals surface area contributed by atoms with Gasteiger partial charge in [-0.05, 0) is 16.3 Å². The number of nitrogens with two attached hydrogens (primary N) is 1. The number of benzene rings is 2. The van der Waals surface area contributed by atoms with E-state index in [2.05, 4.69) is 42.3 Å². The van der Waals surface area contributed by atoms with E-state index in [1.807, 2.05) is 30.4 Å². The minimum Gasteiger partial charge on any atom is -0.392 e. The molecule has 2 aromatic carbocycles. The Morgan fingerprint density at radius 2 is 1.71 bits per heavy atom. The molecule has 3 heteroatoms. The molecule has 0 radical (unpaired) electrons. The fourth-order valence-corrected chi connectivity index (χ4v) is 2.91. The van der Waals surface area contributed by atoms with Gasteiger partial charge in [-0.3, -0.25) is 4.90 Å². The molecule has 1 unspecified atom stereocenters. The molecular formula is C18H20N2S. The SMILES string of the molecule is C=CCN(CC=C)C(C(N)=S)c1cccc2ccccc12. The molecule has 2 aromatic rings. The van der Waals surface area contributed by atoms with Crippen molar-refractivity contribution in [3.63, 3.8) is 0 Å². The van der Waals surface area contributed by atoms with Gasteiger partial charge in [-0.2, -0.15) is 0 Å². The summed E-state index contributed by atoms with van der Waals surface area (Å²) in [5.41, 5.74) is 7.17. The molecule has 0 amide bonds. The molecule has 0 spiro atoms. The molecule has 0 saturated heterocycles. The van der Waals surface area contributed by atoms with Crippen LogP contribution in [0.15, 0.2) is 67.8 Å². The van der Waals surface area contributed by atoms with Crippen molar-refractivity contribution in [2.45, 2.75) is 6.04 Å². The van der Waals surface area contributed by atoms with Crippen molar-refractivity contribution < 1.29 is 0 Å². The first-order valence-electron chi connectivity index (χ1n) is 6.92. The molecule has 0 heterocycles. The monoisotopic (exact) mass is 296 g/mol. The second kappa shape index (κ2) is 7.16. The largest absolute Gasteiger partial charge is 0.392 e. The molecule has 0 fully saturated rings. The fraction of sp³-hybridized carbons (Fsp3) is 0.167. The summed E-state index contributed by atoms with van der Waals surface area (Å²) < 4.78 is 0. The second-order valence-electron chi connectivity index (χ2n) is 4.90. The number of hydrogen-bond donors (Lipinski definition) is 1. The van der Waals surface area contributed by atoms with Crippen LogP contribution < -0.4 is 5.73 Å². The third-order valence-electron chi connectivity index (χ3n) is 3.48. The molecule has 2 rings (SSSR count). The molecule has 2 nitrogen and oxygen atoms in total. The second-order valence-corrected chi connectivity index (χ2v) is 5.38. The van der Waals surface area contributed by atoms with E-state index >= 15 is 0 Å². The van der Waals surface area contributed by atoms with E-state index in [1.54, 1.807) is 0 Å². The zero-order valence-electron chi connectivity index (χ0n) is 12.0. The van der Waals surface area contributed by atoms with Crippen LogP contribution in [0.3, 0.4) is 0 Å². The van der Waals surface area contributed by atoms with Gasteiger partial charge in [0, 0.05) is 13.1 Å². The van der Waals surface area contributed by atoms with Gasteiger partial charge in [-0.15, -0.1) is 13.2 Å². The Morgan fingerprint density at radius 3 is 2.33 bits per heavy atom. The Bertz CT molecular complexity index is 648. The lowest BCUT2D eigenvalue weighted by Crippen LogP contribution is -2.37. The maximum atomic E-state index is 6.04. The van der Waals surface area contributed by atoms with Crippen molar-refractivity contribution in [2.75, 3.05) is 13.1 Å². The lowest BCUT2D eigenvalue weighted by Gasteiger charge is -2.30. The Morgan fingerprint density at radius 1 is 1.10 bits per heavy atom. The maximum absolute atomic E-state index is 6.04. The van der Waals surface area contributed by atoms with E-state index in [4.69, 9.17) is 18.0 Å². The van der Waals surface area contributed by atoms with Gasteiger partial charge in [-0.25, -0.2) is 0 Å².